The minimum Gasteiger partial charge on any atom is -0.455 e. The molecule has 0 saturated heterocycles. The largest absolute Gasteiger partial charge is 0.455 e. The van der Waals surface area contributed by atoms with Gasteiger partial charge in [-0.25, -0.2) is 0 Å². The Labute approximate surface area is 180 Å². The number of nitriles is 2. The molecule has 144 valence electrons. The summed E-state index contributed by atoms with van der Waals surface area (Å²) in [5.41, 5.74) is 4.85. The van der Waals surface area contributed by atoms with E-state index in [1.807, 2.05) is 78.9 Å². The number of allylic oxidation sites excluding steroid dienone is 1. The van der Waals surface area contributed by atoms with E-state index in [9.17, 15) is 10.5 Å². The fourth-order valence-corrected chi connectivity index (χ4v) is 4.00. The van der Waals surface area contributed by atoms with Crippen molar-refractivity contribution in [2.45, 2.75) is 0 Å². The zero-order valence-electron chi connectivity index (χ0n) is 16.5. The van der Waals surface area contributed by atoms with Crippen molar-refractivity contribution in [3.8, 4) is 45.9 Å². The second-order valence-corrected chi connectivity index (χ2v) is 7.20. The van der Waals surface area contributed by atoms with E-state index in [0.717, 1.165) is 44.3 Å². The number of rotatable bonds is 3. The molecule has 0 radical (unpaired) electrons. The first-order valence-corrected chi connectivity index (χ1v) is 9.91. The average molecular weight is 396 g/mol. The number of hydrogen-bond acceptors (Lipinski definition) is 3. The summed E-state index contributed by atoms with van der Waals surface area (Å²) in [6.45, 7) is 0. The van der Waals surface area contributed by atoms with Crippen LogP contribution in [-0.2, 0) is 0 Å². The summed E-state index contributed by atoms with van der Waals surface area (Å²) >= 11 is 0. The van der Waals surface area contributed by atoms with Gasteiger partial charge in [0.05, 0.1) is 0 Å². The van der Waals surface area contributed by atoms with E-state index < -0.39 is 0 Å². The quantitative estimate of drug-likeness (QED) is 0.301. The van der Waals surface area contributed by atoms with E-state index in [2.05, 4.69) is 24.3 Å². The summed E-state index contributed by atoms with van der Waals surface area (Å²) in [5, 5.41) is 20.7. The maximum Gasteiger partial charge on any atom is 0.143 e. The van der Waals surface area contributed by atoms with Crippen LogP contribution in [0.3, 0.4) is 0 Å². The van der Waals surface area contributed by atoms with Crippen LogP contribution in [0.2, 0.25) is 0 Å². The van der Waals surface area contributed by atoms with Crippen molar-refractivity contribution in [3.05, 3.63) is 102 Å². The summed E-state index contributed by atoms with van der Waals surface area (Å²) < 4.78 is 6.45. The van der Waals surface area contributed by atoms with Gasteiger partial charge in [0.15, 0.2) is 0 Å². The molecule has 31 heavy (non-hydrogen) atoms. The SMILES string of the molecule is N#CC(C#N)=Cc1c2oc(-c3ccccc3)cc(-c3ccccc3)c-2c2ccccc12. The standard InChI is InChI=1S/C28H16N2O/c29-17-19(18-30)15-25-22-13-7-8-14-23(22)27-24(20-9-3-1-4-10-20)16-26(31-28(25)27)21-11-5-2-6-12-21/h1-16H. The predicted octanol–water partition coefficient (Wildman–Crippen LogP) is 7.30. The van der Waals surface area contributed by atoms with Crippen LogP contribution in [-0.4, -0.2) is 0 Å². The molecule has 3 aromatic rings. The monoisotopic (exact) mass is 396 g/mol. The minimum absolute atomic E-state index is 0.0410. The van der Waals surface area contributed by atoms with Gasteiger partial charge in [-0.1, -0.05) is 84.9 Å². The third kappa shape index (κ3) is 3.15. The van der Waals surface area contributed by atoms with Crippen LogP contribution < -0.4 is 0 Å². The fourth-order valence-electron chi connectivity index (χ4n) is 4.00. The molecule has 3 heteroatoms. The Morgan fingerprint density at radius 1 is 0.710 bits per heavy atom. The Balaban J connectivity index is 1.94. The van der Waals surface area contributed by atoms with Gasteiger partial charge in [0.1, 0.15) is 29.2 Å². The second-order valence-electron chi connectivity index (χ2n) is 7.20. The van der Waals surface area contributed by atoms with E-state index in [0.29, 0.717) is 5.76 Å². The normalized spacial score (nSPS) is 10.5. The third-order valence-electron chi connectivity index (χ3n) is 5.39. The summed E-state index contributed by atoms with van der Waals surface area (Å²) in [6.07, 6.45) is 1.62. The van der Waals surface area contributed by atoms with Crippen LogP contribution in [0.15, 0.2) is 101 Å². The van der Waals surface area contributed by atoms with Crippen LogP contribution in [0, 0.1) is 22.7 Å². The average Bonchev–Trinajstić information content (AvgIpc) is 3.16. The molecule has 0 aromatic heterocycles. The van der Waals surface area contributed by atoms with Gasteiger partial charge in [0, 0.05) is 16.7 Å². The summed E-state index contributed by atoms with van der Waals surface area (Å²) in [5.74, 6) is 1.40. The van der Waals surface area contributed by atoms with Crippen LogP contribution in [0.1, 0.15) is 5.56 Å². The van der Waals surface area contributed by atoms with Crippen LogP contribution in [0.4, 0.5) is 0 Å². The zero-order valence-corrected chi connectivity index (χ0v) is 16.5. The van der Waals surface area contributed by atoms with Crippen molar-refractivity contribution in [1.82, 2.24) is 0 Å². The molecule has 0 bridgehead atoms. The molecule has 0 N–H and O–H groups in total. The summed E-state index contributed by atoms with van der Waals surface area (Å²) in [6, 6.07) is 34.1. The molecular weight excluding hydrogens is 380 g/mol. The maximum atomic E-state index is 9.36. The number of fused-ring (bicyclic) bond motifs is 3. The zero-order chi connectivity index (χ0) is 21.2. The van der Waals surface area contributed by atoms with Crippen LogP contribution >= 0.6 is 0 Å². The van der Waals surface area contributed by atoms with Crippen molar-refractivity contribution in [3.63, 3.8) is 0 Å². The highest BCUT2D eigenvalue weighted by molar-refractivity contribution is 6.13. The lowest BCUT2D eigenvalue weighted by atomic mass is 9.96. The highest BCUT2D eigenvalue weighted by atomic mass is 16.3. The molecule has 0 spiro atoms. The molecule has 0 unspecified atom stereocenters. The molecular formula is C28H16N2O. The van der Waals surface area contributed by atoms with Gasteiger partial charge in [-0.2, -0.15) is 10.5 Å². The van der Waals surface area contributed by atoms with Crippen molar-refractivity contribution >= 4 is 16.8 Å². The summed E-state index contributed by atoms with van der Waals surface area (Å²) in [4.78, 5) is 0. The van der Waals surface area contributed by atoms with Gasteiger partial charge in [-0.3, -0.25) is 0 Å². The van der Waals surface area contributed by atoms with E-state index in [-0.39, 0.29) is 5.57 Å². The molecule has 3 aromatic carbocycles. The van der Waals surface area contributed by atoms with Crippen molar-refractivity contribution in [2.24, 2.45) is 0 Å². The predicted molar refractivity (Wildman–Crippen MR) is 123 cm³/mol. The van der Waals surface area contributed by atoms with Crippen molar-refractivity contribution in [1.29, 1.82) is 10.5 Å². The van der Waals surface area contributed by atoms with Crippen LogP contribution in [0.5, 0.6) is 0 Å². The molecule has 0 amide bonds. The minimum atomic E-state index is 0.0410. The molecule has 1 aliphatic heterocycles. The Morgan fingerprint density at radius 3 is 1.94 bits per heavy atom. The van der Waals surface area contributed by atoms with Gasteiger partial charge < -0.3 is 4.42 Å². The lowest BCUT2D eigenvalue weighted by Crippen LogP contribution is -1.89. The first-order chi connectivity index (χ1) is 15.3. The molecule has 0 fully saturated rings. The lowest BCUT2D eigenvalue weighted by Gasteiger charge is -2.13. The first-order valence-electron chi connectivity index (χ1n) is 9.91. The highest BCUT2D eigenvalue weighted by Gasteiger charge is 2.25. The van der Waals surface area contributed by atoms with Gasteiger partial charge >= 0.3 is 0 Å². The molecule has 0 saturated carbocycles. The first kappa shape index (κ1) is 18.4. The van der Waals surface area contributed by atoms with Crippen molar-refractivity contribution < 1.29 is 4.42 Å². The lowest BCUT2D eigenvalue weighted by molar-refractivity contribution is 0.583. The van der Waals surface area contributed by atoms with Gasteiger partial charge in [-0.05, 0) is 34.0 Å². The number of nitrogens with zero attached hydrogens (tertiary/aromatic N) is 2. The Morgan fingerprint density at radius 2 is 1.29 bits per heavy atom. The Bertz CT molecular complexity index is 1460. The van der Waals surface area contributed by atoms with Gasteiger partial charge in [0.25, 0.3) is 0 Å². The maximum absolute atomic E-state index is 9.36. The van der Waals surface area contributed by atoms with Gasteiger partial charge in [-0.15, -0.1) is 0 Å². The van der Waals surface area contributed by atoms with Crippen LogP contribution in [0.25, 0.3) is 50.6 Å². The van der Waals surface area contributed by atoms with E-state index >= 15 is 0 Å². The van der Waals surface area contributed by atoms with E-state index in [4.69, 9.17) is 4.42 Å². The molecule has 3 nitrogen and oxygen atoms in total. The number of hydrogen-bond donors (Lipinski definition) is 0. The Kier molecular flexibility index (Phi) is 4.56. The van der Waals surface area contributed by atoms with Gasteiger partial charge in [0.2, 0.25) is 0 Å². The van der Waals surface area contributed by atoms with E-state index in [1.165, 1.54) is 0 Å². The molecule has 5 rings (SSSR count). The third-order valence-corrected chi connectivity index (χ3v) is 5.39. The summed E-state index contributed by atoms with van der Waals surface area (Å²) in [7, 11) is 0. The highest BCUT2D eigenvalue weighted by Crippen LogP contribution is 2.47. The van der Waals surface area contributed by atoms with E-state index in [1.54, 1.807) is 6.08 Å². The molecule has 1 heterocycles. The Hall–Kier alpha value is -4.60. The molecule has 1 aliphatic carbocycles. The smallest absolute Gasteiger partial charge is 0.143 e. The van der Waals surface area contributed by atoms with Crippen molar-refractivity contribution in [2.75, 3.05) is 0 Å². The topological polar surface area (TPSA) is 60.7 Å². The fraction of sp³-hybridized carbons (Fsp3) is 0. The second kappa shape index (κ2) is 7.67. The number of benzene rings is 3. The molecule has 2 aliphatic rings. The molecule has 0 atom stereocenters.